The molecule has 2 heteroatoms. The lowest BCUT2D eigenvalue weighted by Gasteiger charge is -2.30. The van der Waals surface area contributed by atoms with E-state index in [0.29, 0.717) is 11.8 Å². The highest BCUT2D eigenvalue weighted by Crippen LogP contribution is 2.32. The number of hydrogen-bond acceptors (Lipinski definition) is 1. The van der Waals surface area contributed by atoms with Gasteiger partial charge in [0.05, 0.1) is 0 Å². The molecule has 0 amide bonds. The summed E-state index contributed by atoms with van der Waals surface area (Å²) in [5.41, 5.74) is 0. The van der Waals surface area contributed by atoms with Crippen LogP contribution >= 0.6 is 11.6 Å². The lowest BCUT2D eigenvalue weighted by atomic mass is 9.86. The molecule has 0 fully saturated rings. The van der Waals surface area contributed by atoms with Crippen molar-refractivity contribution in [3.8, 4) is 0 Å². The van der Waals surface area contributed by atoms with E-state index in [1.165, 1.54) is 0 Å². The van der Waals surface area contributed by atoms with Crippen molar-refractivity contribution in [3.05, 3.63) is 0 Å². The first-order chi connectivity index (χ1) is 3.89. The highest BCUT2D eigenvalue weighted by molar-refractivity contribution is 6.24. The van der Waals surface area contributed by atoms with E-state index in [1.807, 2.05) is 0 Å². The van der Waals surface area contributed by atoms with Crippen LogP contribution in [0, 0.1) is 11.8 Å². The molecule has 0 aliphatic carbocycles. The normalized spacial score (nSPS) is 12.0. The quantitative estimate of drug-likeness (QED) is 0.625. The Morgan fingerprint density at radius 1 is 1.00 bits per heavy atom. The van der Waals surface area contributed by atoms with Crippen LogP contribution in [0.2, 0.25) is 0 Å². The molecular formula is C8H20ClN. The molecule has 0 unspecified atom stereocenters. The molecule has 0 aliphatic heterocycles. The Kier molecular flexibility index (Phi) is 5.41. The molecule has 0 aromatic rings. The van der Waals surface area contributed by atoms with Crippen molar-refractivity contribution in [1.29, 1.82) is 0 Å². The van der Waals surface area contributed by atoms with Gasteiger partial charge in [-0.2, -0.15) is 0 Å². The zero-order valence-electron chi connectivity index (χ0n) is 7.74. The molecular weight excluding hydrogens is 146 g/mol. The number of rotatable bonds is 2. The van der Waals surface area contributed by atoms with Crippen LogP contribution in [0.25, 0.3) is 0 Å². The maximum absolute atomic E-state index is 6.21. The van der Waals surface area contributed by atoms with Gasteiger partial charge in [-0.3, -0.25) is 0 Å². The SMILES string of the molecule is CC(C)C(C)(Cl)C(C)C.N. The Balaban J connectivity index is 0. The predicted octanol–water partition coefficient (Wildman–Crippen LogP) is 3.46. The molecule has 64 valence electrons. The number of alkyl halides is 1. The molecule has 0 aromatic heterocycles. The minimum absolute atomic E-state index is 0. The van der Waals surface area contributed by atoms with Crippen LogP contribution in [-0.2, 0) is 0 Å². The van der Waals surface area contributed by atoms with Gasteiger partial charge in [-0.1, -0.05) is 27.7 Å². The Bertz CT molecular complexity index is 77.3. The minimum atomic E-state index is -0.0278. The van der Waals surface area contributed by atoms with Crippen molar-refractivity contribution in [1.82, 2.24) is 6.15 Å². The maximum atomic E-state index is 6.21. The highest BCUT2D eigenvalue weighted by atomic mass is 35.5. The Hall–Kier alpha value is 0.250. The molecule has 0 saturated heterocycles. The minimum Gasteiger partial charge on any atom is -0.344 e. The third-order valence-electron chi connectivity index (χ3n) is 2.26. The lowest BCUT2D eigenvalue weighted by Crippen LogP contribution is -2.30. The summed E-state index contributed by atoms with van der Waals surface area (Å²) in [6.07, 6.45) is 0. The van der Waals surface area contributed by atoms with Gasteiger partial charge in [0.15, 0.2) is 0 Å². The largest absolute Gasteiger partial charge is 0.344 e. The lowest BCUT2D eigenvalue weighted by molar-refractivity contribution is 0.352. The van der Waals surface area contributed by atoms with Gasteiger partial charge in [-0.15, -0.1) is 11.6 Å². The van der Waals surface area contributed by atoms with Crippen molar-refractivity contribution >= 4 is 11.6 Å². The second-order valence-corrected chi connectivity index (χ2v) is 4.28. The van der Waals surface area contributed by atoms with Crippen molar-refractivity contribution in [2.75, 3.05) is 0 Å². The van der Waals surface area contributed by atoms with Gasteiger partial charge in [-0.05, 0) is 18.8 Å². The van der Waals surface area contributed by atoms with Gasteiger partial charge in [-0.25, -0.2) is 0 Å². The smallest absolute Gasteiger partial charge is 0.0464 e. The van der Waals surface area contributed by atoms with Gasteiger partial charge in [0.2, 0.25) is 0 Å². The number of hydrogen-bond donors (Lipinski definition) is 1. The molecule has 0 bridgehead atoms. The zero-order valence-corrected chi connectivity index (χ0v) is 8.50. The molecule has 0 atom stereocenters. The van der Waals surface area contributed by atoms with E-state index in [4.69, 9.17) is 11.6 Å². The Morgan fingerprint density at radius 2 is 1.20 bits per heavy atom. The van der Waals surface area contributed by atoms with E-state index in [1.54, 1.807) is 0 Å². The molecule has 0 aromatic carbocycles. The Labute approximate surface area is 69.7 Å². The molecule has 10 heavy (non-hydrogen) atoms. The topological polar surface area (TPSA) is 35.0 Å². The first kappa shape index (κ1) is 12.9. The monoisotopic (exact) mass is 165 g/mol. The van der Waals surface area contributed by atoms with Crippen LogP contribution < -0.4 is 6.15 Å². The Morgan fingerprint density at radius 3 is 1.20 bits per heavy atom. The summed E-state index contributed by atoms with van der Waals surface area (Å²) in [5, 5.41) is 0. The molecule has 0 saturated carbocycles. The molecule has 0 aliphatic rings. The average molecular weight is 166 g/mol. The zero-order chi connectivity index (χ0) is 7.65. The third-order valence-corrected chi connectivity index (χ3v) is 3.13. The predicted molar refractivity (Wildman–Crippen MR) is 49.0 cm³/mol. The van der Waals surface area contributed by atoms with Gasteiger partial charge in [0, 0.05) is 4.87 Å². The molecule has 3 N–H and O–H groups in total. The van der Waals surface area contributed by atoms with Crippen molar-refractivity contribution in [3.63, 3.8) is 0 Å². The summed E-state index contributed by atoms with van der Waals surface area (Å²) >= 11 is 6.21. The van der Waals surface area contributed by atoms with Crippen LogP contribution in [0.5, 0.6) is 0 Å². The maximum Gasteiger partial charge on any atom is 0.0464 e. The van der Waals surface area contributed by atoms with Crippen molar-refractivity contribution in [2.45, 2.75) is 39.5 Å². The fraction of sp³-hybridized carbons (Fsp3) is 1.00. The van der Waals surface area contributed by atoms with Gasteiger partial charge in [0.1, 0.15) is 0 Å². The van der Waals surface area contributed by atoms with Crippen LogP contribution in [-0.4, -0.2) is 4.87 Å². The first-order valence-corrected chi connectivity index (χ1v) is 3.95. The molecule has 0 radical (unpaired) electrons. The second-order valence-electron chi connectivity index (χ2n) is 3.46. The molecule has 0 spiro atoms. The fourth-order valence-corrected chi connectivity index (χ4v) is 0.667. The summed E-state index contributed by atoms with van der Waals surface area (Å²) < 4.78 is 0. The van der Waals surface area contributed by atoms with Crippen LogP contribution in [0.15, 0.2) is 0 Å². The van der Waals surface area contributed by atoms with Gasteiger partial charge < -0.3 is 6.15 Å². The molecule has 0 heterocycles. The van der Waals surface area contributed by atoms with Crippen LogP contribution in [0.1, 0.15) is 34.6 Å². The molecule has 0 rings (SSSR count). The van der Waals surface area contributed by atoms with Crippen molar-refractivity contribution < 1.29 is 0 Å². The van der Waals surface area contributed by atoms with Crippen molar-refractivity contribution in [2.24, 2.45) is 11.8 Å². The van der Waals surface area contributed by atoms with E-state index in [0.717, 1.165) is 0 Å². The van der Waals surface area contributed by atoms with E-state index < -0.39 is 0 Å². The fourth-order valence-electron chi connectivity index (χ4n) is 0.667. The van der Waals surface area contributed by atoms with E-state index >= 15 is 0 Å². The summed E-state index contributed by atoms with van der Waals surface area (Å²) in [7, 11) is 0. The van der Waals surface area contributed by atoms with Gasteiger partial charge >= 0.3 is 0 Å². The average Bonchev–Trinajstić information content (AvgIpc) is 1.65. The summed E-state index contributed by atoms with van der Waals surface area (Å²) in [4.78, 5) is -0.0278. The second kappa shape index (κ2) is 4.20. The van der Waals surface area contributed by atoms with Crippen LogP contribution in [0.4, 0.5) is 0 Å². The van der Waals surface area contributed by atoms with Gasteiger partial charge in [0.25, 0.3) is 0 Å². The highest BCUT2D eigenvalue weighted by Gasteiger charge is 2.28. The summed E-state index contributed by atoms with van der Waals surface area (Å²) in [5.74, 6) is 1.11. The van der Waals surface area contributed by atoms with Crippen LogP contribution in [0.3, 0.4) is 0 Å². The molecule has 1 nitrogen and oxygen atoms in total. The summed E-state index contributed by atoms with van der Waals surface area (Å²) in [6.45, 7) is 10.7. The van der Waals surface area contributed by atoms with E-state index in [2.05, 4.69) is 34.6 Å². The van der Waals surface area contributed by atoms with E-state index in [9.17, 15) is 0 Å². The first-order valence-electron chi connectivity index (χ1n) is 3.58. The standard InChI is InChI=1S/C8H17Cl.H3N/c1-6(2)8(5,9)7(3)4;/h6-7H,1-5H3;1H3. The summed E-state index contributed by atoms with van der Waals surface area (Å²) in [6, 6.07) is 0. The third kappa shape index (κ3) is 2.89. The number of halogens is 1. The van der Waals surface area contributed by atoms with E-state index in [-0.39, 0.29) is 11.0 Å².